The van der Waals surface area contributed by atoms with E-state index in [0.29, 0.717) is 0 Å². The Balaban J connectivity index is 1.31. The maximum Gasteiger partial charge on any atom is 0.254 e. The van der Waals surface area contributed by atoms with Crippen LogP contribution in [0, 0.1) is 13.8 Å². The van der Waals surface area contributed by atoms with E-state index in [1.807, 2.05) is 17.0 Å². The number of hydrogen-bond donors (Lipinski definition) is 0. The van der Waals surface area contributed by atoms with Gasteiger partial charge in [0.2, 0.25) is 0 Å². The fourth-order valence-electron chi connectivity index (χ4n) is 5.43. The lowest BCUT2D eigenvalue weighted by molar-refractivity contribution is 0.0705. The molecule has 3 heterocycles. The highest BCUT2D eigenvalue weighted by molar-refractivity contribution is 5.97. The van der Waals surface area contributed by atoms with Gasteiger partial charge in [-0.05, 0) is 62.1 Å². The van der Waals surface area contributed by atoms with Gasteiger partial charge in [-0.15, -0.1) is 0 Å². The zero-order valence-corrected chi connectivity index (χ0v) is 20.9. The molecule has 2 aromatic carbocycles. The summed E-state index contributed by atoms with van der Waals surface area (Å²) >= 11 is 0. The van der Waals surface area contributed by atoms with E-state index in [0.717, 1.165) is 86.9 Å². The Morgan fingerprint density at radius 3 is 2.63 bits per heavy atom. The van der Waals surface area contributed by atoms with Crippen LogP contribution in [0.5, 0.6) is 0 Å². The lowest BCUT2D eigenvalue weighted by Crippen LogP contribution is -2.40. The van der Waals surface area contributed by atoms with Crippen molar-refractivity contribution in [2.45, 2.75) is 39.0 Å². The van der Waals surface area contributed by atoms with Gasteiger partial charge in [-0.3, -0.25) is 9.78 Å². The van der Waals surface area contributed by atoms with Crippen molar-refractivity contribution in [3.63, 3.8) is 0 Å². The van der Waals surface area contributed by atoms with Crippen molar-refractivity contribution < 1.29 is 9.53 Å². The minimum atomic E-state index is 0.137. The molecule has 1 unspecified atom stereocenters. The summed E-state index contributed by atoms with van der Waals surface area (Å²) in [6.45, 7) is 8.95. The Labute approximate surface area is 208 Å². The van der Waals surface area contributed by atoms with Crippen LogP contribution in [0.4, 0.5) is 5.69 Å². The number of nitrogens with zero attached hydrogens (tertiary/aromatic N) is 3. The number of aryl methyl sites for hydroxylation is 1. The summed E-state index contributed by atoms with van der Waals surface area (Å²) in [5, 5.41) is 0. The number of ether oxygens (including phenoxy) is 1. The average molecular weight is 470 g/mol. The first-order valence-corrected chi connectivity index (χ1v) is 12.8. The largest absolute Gasteiger partial charge is 0.378 e. The zero-order valence-electron chi connectivity index (χ0n) is 20.9. The van der Waals surface area contributed by atoms with Crippen LogP contribution in [-0.4, -0.2) is 55.2 Å². The zero-order chi connectivity index (χ0) is 24.2. The van der Waals surface area contributed by atoms with Crippen molar-refractivity contribution in [3.8, 4) is 0 Å². The number of pyridine rings is 1. The highest BCUT2D eigenvalue weighted by atomic mass is 16.5. The molecule has 0 spiro atoms. The van der Waals surface area contributed by atoms with Crippen LogP contribution in [0.1, 0.15) is 57.2 Å². The lowest BCUT2D eigenvalue weighted by Gasteiger charge is -2.34. The molecule has 5 nitrogen and oxygen atoms in total. The molecule has 5 heteroatoms. The Bertz CT molecular complexity index is 1190. The van der Waals surface area contributed by atoms with Gasteiger partial charge in [-0.25, -0.2) is 0 Å². The molecule has 0 radical (unpaired) electrons. The molecule has 1 aromatic heterocycles. The van der Waals surface area contributed by atoms with Gasteiger partial charge in [-0.2, -0.15) is 0 Å². The SMILES string of the molecule is Cc1cccc(Cc2cccc(C3CCCN(C(=O)c4cccc(N5CCOCC5)c4C)C3)n2)c1. The third-order valence-corrected chi connectivity index (χ3v) is 7.31. The van der Waals surface area contributed by atoms with Crippen LogP contribution in [0.3, 0.4) is 0 Å². The standard InChI is InChI=1S/C30H35N3O2/c1-22-7-3-8-24(19-22)20-26-10-4-12-28(31-26)25-9-6-14-33(21-25)30(34)27-11-5-13-29(23(27)2)32-15-17-35-18-16-32/h3-5,7-8,10-13,19,25H,6,9,14-18,20-21H2,1-2H3. The Kier molecular flexibility index (Phi) is 7.14. The van der Waals surface area contributed by atoms with Crippen LogP contribution < -0.4 is 4.90 Å². The van der Waals surface area contributed by atoms with Gasteiger partial charge < -0.3 is 14.5 Å². The predicted molar refractivity (Wildman–Crippen MR) is 140 cm³/mol. The van der Waals surface area contributed by atoms with Crippen LogP contribution in [0.2, 0.25) is 0 Å². The monoisotopic (exact) mass is 469 g/mol. The minimum absolute atomic E-state index is 0.137. The number of aromatic nitrogens is 1. The number of benzene rings is 2. The predicted octanol–water partition coefficient (Wildman–Crippen LogP) is 5.15. The molecule has 2 aliphatic heterocycles. The van der Waals surface area contributed by atoms with Crippen molar-refractivity contribution in [3.05, 3.63) is 94.3 Å². The summed E-state index contributed by atoms with van der Waals surface area (Å²) in [4.78, 5) is 23.0. The average Bonchev–Trinajstić information content (AvgIpc) is 2.89. The molecule has 1 amide bonds. The number of carbonyl (C=O) groups is 1. The highest BCUT2D eigenvalue weighted by Gasteiger charge is 2.28. The van der Waals surface area contributed by atoms with Gasteiger partial charge in [-0.1, -0.05) is 42.0 Å². The number of carbonyl (C=O) groups excluding carboxylic acids is 1. The smallest absolute Gasteiger partial charge is 0.254 e. The second kappa shape index (κ2) is 10.6. The fraction of sp³-hybridized carbons (Fsp3) is 0.400. The summed E-state index contributed by atoms with van der Waals surface area (Å²) < 4.78 is 5.51. The maximum atomic E-state index is 13.6. The second-order valence-corrected chi connectivity index (χ2v) is 9.86. The first kappa shape index (κ1) is 23.6. The molecule has 1 atom stereocenters. The molecule has 5 rings (SSSR count). The first-order valence-electron chi connectivity index (χ1n) is 12.8. The topological polar surface area (TPSA) is 45.7 Å². The molecular weight excluding hydrogens is 434 g/mol. The van der Waals surface area contributed by atoms with Crippen molar-refractivity contribution in [2.75, 3.05) is 44.3 Å². The van der Waals surface area contributed by atoms with Gasteiger partial charge >= 0.3 is 0 Å². The van der Waals surface area contributed by atoms with E-state index in [2.05, 4.69) is 67.3 Å². The first-order chi connectivity index (χ1) is 17.1. The Hall–Kier alpha value is -3.18. The normalized spacial score (nSPS) is 18.5. The van der Waals surface area contributed by atoms with Gasteiger partial charge in [0, 0.05) is 61.2 Å². The summed E-state index contributed by atoms with van der Waals surface area (Å²) in [7, 11) is 0. The summed E-state index contributed by atoms with van der Waals surface area (Å²) in [5.74, 6) is 0.408. The molecule has 0 N–H and O–H groups in total. The summed E-state index contributed by atoms with van der Waals surface area (Å²) in [6, 6.07) is 21.1. The van der Waals surface area contributed by atoms with E-state index in [4.69, 9.17) is 9.72 Å². The molecule has 0 aliphatic carbocycles. The molecular formula is C30H35N3O2. The fourth-order valence-corrected chi connectivity index (χ4v) is 5.43. The molecule has 2 saturated heterocycles. The molecule has 182 valence electrons. The van der Waals surface area contributed by atoms with E-state index in [9.17, 15) is 4.79 Å². The quantitative estimate of drug-likeness (QED) is 0.519. The molecule has 2 aliphatic rings. The molecule has 3 aromatic rings. The molecule has 0 bridgehead atoms. The maximum absolute atomic E-state index is 13.6. The van der Waals surface area contributed by atoms with Crippen LogP contribution >= 0.6 is 0 Å². The number of likely N-dealkylation sites (tertiary alicyclic amines) is 1. The second-order valence-electron chi connectivity index (χ2n) is 9.86. The molecule has 35 heavy (non-hydrogen) atoms. The highest BCUT2D eigenvalue weighted by Crippen LogP contribution is 2.30. The minimum Gasteiger partial charge on any atom is -0.378 e. The third-order valence-electron chi connectivity index (χ3n) is 7.31. The number of anilines is 1. The van der Waals surface area contributed by atoms with E-state index in [1.165, 1.54) is 11.1 Å². The number of hydrogen-bond acceptors (Lipinski definition) is 4. The van der Waals surface area contributed by atoms with Gasteiger partial charge in [0.05, 0.1) is 13.2 Å². The van der Waals surface area contributed by atoms with E-state index >= 15 is 0 Å². The molecule has 2 fully saturated rings. The van der Waals surface area contributed by atoms with Crippen LogP contribution in [0.25, 0.3) is 0 Å². The van der Waals surface area contributed by atoms with E-state index in [1.54, 1.807) is 0 Å². The number of morpholine rings is 1. The van der Waals surface area contributed by atoms with Crippen molar-refractivity contribution >= 4 is 11.6 Å². The number of piperidine rings is 1. The lowest BCUT2D eigenvalue weighted by atomic mass is 9.93. The van der Waals surface area contributed by atoms with Gasteiger partial charge in [0.15, 0.2) is 0 Å². The molecule has 0 saturated carbocycles. The number of amides is 1. The summed E-state index contributed by atoms with van der Waals surface area (Å²) in [6.07, 6.45) is 2.90. The van der Waals surface area contributed by atoms with Gasteiger partial charge in [0.25, 0.3) is 5.91 Å². The Morgan fingerprint density at radius 1 is 1.00 bits per heavy atom. The van der Waals surface area contributed by atoms with Crippen molar-refractivity contribution in [1.82, 2.24) is 9.88 Å². The van der Waals surface area contributed by atoms with E-state index in [-0.39, 0.29) is 11.8 Å². The van der Waals surface area contributed by atoms with Crippen molar-refractivity contribution in [1.29, 1.82) is 0 Å². The number of rotatable bonds is 5. The van der Waals surface area contributed by atoms with E-state index < -0.39 is 0 Å². The van der Waals surface area contributed by atoms with Gasteiger partial charge in [0.1, 0.15) is 0 Å². The Morgan fingerprint density at radius 2 is 1.80 bits per heavy atom. The van der Waals surface area contributed by atoms with Crippen molar-refractivity contribution in [2.24, 2.45) is 0 Å². The third kappa shape index (κ3) is 5.40. The van der Waals surface area contributed by atoms with Crippen LogP contribution in [-0.2, 0) is 11.2 Å². The van der Waals surface area contributed by atoms with Crippen LogP contribution in [0.15, 0.2) is 60.7 Å². The summed E-state index contributed by atoms with van der Waals surface area (Å²) in [5.41, 5.74) is 7.78.